The van der Waals surface area contributed by atoms with Crippen LogP contribution in [0.3, 0.4) is 0 Å². The molecule has 0 unspecified atom stereocenters. The van der Waals surface area contributed by atoms with Crippen LogP contribution in [-0.4, -0.2) is 14.4 Å². The van der Waals surface area contributed by atoms with Crippen LogP contribution in [0.5, 0.6) is 0 Å². The Kier molecular flexibility index (Phi) is 4.13. The number of amides is 2. The van der Waals surface area contributed by atoms with Crippen molar-refractivity contribution in [1.29, 1.82) is 0 Å². The molecule has 0 radical (unpaired) electrons. The maximum absolute atomic E-state index is 12.0. The molecule has 0 bridgehead atoms. The summed E-state index contributed by atoms with van der Waals surface area (Å²) < 4.78 is 26.0. The first-order valence-electron chi connectivity index (χ1n) is 6.13. The molecule has 2 aromatic rings. The monoisotopic (exact) mass is 305 g/mol. The normalized spacial score (nSPS) is 10.9. The van der Waals surface area contributed by atoms with Crippen LogP contribution in [0.15, 0.2) is 53.4 Å². The molecule has 0 saturated heterocycles. The molecular formula is C14H15N3O3S. The van der Waals surface area contributed by atoms with E-state index < -0.39 is 16.1 Å². The van der Waals surface area contributed by atoms with E-state index >= 15 is 0 Å². The summed E-state index contributed by atoms with van der Waals surface area (Å²) in [5.41, 5.74) is 7.38. The Morgan fingerprint density at radius 3 is 2.38 bits per heavy atom. The van der Waals surface area contributed by atoms with Gasteiger partial charge in [0.25, 0.3) is 10.0 Å². The Bertz CT molecular complexity index is 755. The summed E-state index contributed by atoms with van der Waals surface area (Å²) >= 11 is 0. The fourth-order valence-electron chi connectivity index (χ4n) is 1.67. The molecule has 21 heavy (non-hydrogen) atoms. The minimum Gasteiger partial charge on any atom is -0.399 e. The molecule has 0 heterocycles. The molecule has 2 rings (SSSR count). The van der Waals surface area contributed by atoms with Crippen molar-refractivity contribution in [2.45, 2.75) is 11.8 Å². The van der Waals surface area contributed by atoms with E-state index in [-0.39, 0.29) is 4.90 Å². The average molecular weight is 305 g/mol. The molecular weight excluding hydrogens is 290 g/mol. The number of urea groups is 1. The third-order valence-corrected chi connectivity index (χ3v) is 4.05. The van der Waals surface area contributed by atoms with E-state index in [1.165, 1.54) is 18.2 Å². The highest BCUT2D eigenvalue weighted by atomic mass is 32.2. The summed E-state index contributed by atoms with van der Waals surface area (Å²) in [6, 6.07) is 11.8. The lowest BCUT2D eigenvalue weighted by Crippen LogP contribution is -2.34. The third kappa shape index (κ3) is 3.96. The van der Waals surface area contributed by atoms with Gasteiger partial charge in [0, 0.05) is 11.4 Å². The summed E-state index contributed by atoms with van der Waals surface area (Å²) in [6.45, 7) is 1.84. The summed E-state index contributed by atoms with van der Waals surface area (Å²) in [4.78, 5) is 11.8. The summed E-state index contributed by atoms with van der Waals surface area (Å²) in [5.74, 6) is 0. The van der Waals surface area contributed by atoms with Crippen molar-refractivity contribution in [3.05, 3.63) is 54.1 Å². The van der Waals surface area contributed by atoms with Crippen LogP contribution in [0.4, 0.5) is 16.2 Å². The Balaban J connectivity index is 2.09. The van der Waals surface area contributed by atoms with Crippen LogP contribution in [0.1, 0.15) is 5.56 Å². The van der Waals surface area contributed by atoms with Crippen molar-refractivity contribution < 1.29 is 13.2 Å². The van der Waals surface area contributed by atoms with E-state index in [0.717, 1.165) is 5.56 Å². The Hall–Kier alpha value is -2.54. The Morgan fingerprint density at radius 1 is 1.10 bits per heavy atom. The number of aryl methyl sites for hydroxylation is 1. The van der Waals surface area contributed by atoms with Gasteiger partial charge in [0.15, 0.2) is 0 Å². The van der Waals surface area contributed by atoms with E-state index in [1.54, 1.807) is 30.3 Å². The van der Waals surface area contributed by atoms with Crippen molar-refractivity contribution in [3.8, 4) is 0 Å². The standard InChI is InChI=1S/C14H15N3O3S/c1-10-5-7-13(8-6-10)21(19,20)17-14(18)16-12-4-2-3-11(15)9-12/h2-9H,15H2,1H3,(H2,16,17,18). The highest BCUT2D eigenvalue weighted by Gasteiger charge is 2.17. The highest BCUT2D eigenvalue weighted by Crippen LogP contribution is 2.13. The fourth-order valence-corrected chi connectivity index (χ4v) is 2.58. The second-order valence-corrected chi connectivity index (χ2v) is 6.18. The van der Waals surface area contributed by atoms with Crippen LogP contribution < -0.4 is 15.8 Å². The Morgan fingerprint density at radius 2 is 1.76 bits per heavy atom. The average Bonchev–Trinajstić information content (AvgIpc) is 2.38. The number of rotatable bonds is 3. The second-order valence-electron chi connectivity index (χ2n) is 4.50. The first-order chi connectivity index (χ1) is 9.87. The van der Waals surface area contributed by atoms with Crippen molar-refractivity contribution >= 4 is 27.4 Å². The van der Waals surface area contributed by atoms with E-state index in [1.807, 2.05) is 11.6 Å². The molecule has 0 aliphatic carbocycles. The number of nitrogens with one attached hydrogen (secondary N) is 2. The lowest BCUT2D eigenvalue weighted by Gasteiger charge is -2.09. The predicted octanol–water partition coefficient (Wildman–Crippen LogP) is 2.09. The summed E-state index contributed by atoms with van der Waals surface area (Å²) in [5, 5.41) is 2.41. The fraction of sp³-hybridized carbons (Fsp3) is 0.0714. The molecule has 7 heteroatoms. The van der Waals surface area contributed by atoms with Gasteiger partial charge in [-0.15, -0.1) is 0 Å². The van der Waals surface area contributed by atoms with Gasteiger partial charge in [-0.3, -0.25) is 0 Å². The first kappa shape index (κ1) is 14.9. The number of nitrogen functional groups attached to an aromatic ring is 1. The van der Waals surface area contributed by atoms with E-state index in [0.29, 0.717) is 11.4 Å². The van der Waals surface area contributed by atoms with E-state index in [4.69, 9.17) is 5.73 Å². The Labute approximate surface area is 123 Å². The van der Waals surface area contributed by atoms with Gasteiger partial charge in [-0.25, -0.2) is 17.9 Å². The summed E-state index contributed by atoms with van der Waals surface area (Å²) in [7, 11) is -3.90. The van der Waals surface area contributed by atoms with Gasteiger partial charge >= 0.3 is 6.03 Å². The number of anilines is 2. The number of carbonyl (C=O) groups excluding carboxylic acids is 1. The molecule has 0 spiro atoms. The van der Waals surface area contributed by atoms with E-state index in [2.05, 4.69) is 5.32 Å². The van der Waals surface area contributed by atoms with Gasteiger partial charge in [0.05, 0.1) is 4.90 Å². The molecule has 2 amide bonds. The number of hydrogen-bond acceptors (Lipinski definition) is 4. The minimum atomic E-state index is -3.90. The van der Waals surface area contributed by atoms with Gasteiger partial charge in [0.1, 0.15) is 0 Å². The summed E-state index contributed by atoms with van der Waals surface area (Å²) in [6.07, 6.45) is 0. The smallest absolute Gasteiger partial charge is 0.333 e. The largest absolute Gasteiger partial charge is 0.399 e. The number of sulfonamides is 1. The lowest BCUT2D eigenvalue weighted by molar-refractivity contribution is 0.256. The SMILES string of the molecule is Cc1ccc(S(=O)(=O)NC(=O)Nc2cccc(N)c2)cc1. The van der Waals surface area contributed by atoms with Crippen LogP contribution >= 0.6 is 0 Å². The predicted molar refractivity (Wildman–Crippen MR) is 81.4 cm³/mol. The maximum atomic E-state index is 12.0. The molecule has 0 aliphatic rings. The number of hydrogen-bond donors (Lipinski definition) is 3. The van der Waals surface area contributed by atoms with Crippen molar-refractivity contribution in [3.63, 3.8) is 0 Å². The lowest BCUT2D eigenvalue weighted by atomic mass is 10.2. The van der Waals surface area contributed by atoms with E-state index in [9.17, 15) is 13.2 Å². The molecule has 0 atom stereocenters. The minimum absolute atomic E-state index is 0.0239. The molecule has 4 N–H and O–H groups in total. The van der Waals surface area contributed by atoms with Crippen LogP contribution in [0, 0.1) is 6.92 Å². The quantitative estimate of drug-likeness (QED) is 0.756. The molecule has 110 valence electrons. The zero-order valence-electron chi connectivity index (χ0n) is 11.3. The van der Waals surface area contributed by atoms with Crippen molar-refractivity contribution in [2.24, 2.45) is 0 Å². The van der Waals surface area contributed by atoms with Gasteiger partial charge < -0.3 is 11.1 Å². The van der Waals surface area contributed by atoms with Crippen LogP contribution in [0.2, 0.25) is 0 Å². The molecule has 0 aliphatic heterocycles. The molecule has 0 aromatic heterocycles. The second kappa shape index (κ2) is 5.84. The third-order valence-electron chi connectivity index (χ3n) is 2.70. The zero-order valence-corrected chi connectivity index (χ0v) is 12.1. The van der Waals surface area contributed by atoms with Gasteiger partial charge in [-0.2, -0.15) is 0 Å². The highest BCUT2D eigenvalue weighted by molar-refractivity contribution is 7.90. The maximum Gasteiger partial charge on any atom is 0.333 e. The van der Waals surface area contributed by atoms with Crippen molar-refractivity contribution in [2.75, 3.05) is 11.1 Å². The van der Waals surface area contributed by atoms with Crippen LogP contribution in [0.25, 0.3) is 0 Å². The topological polar surface area (TPSA) is 101 Å². The first-order valence-corrected chi connectivity index (χ1v) is 7.61. The van der Waals surface area contributed by atoms with Crippen LogP contribution in [-0.2, 0) is 10.0 Å². The zero-order chi connectivity index (χ0) is 15.5. The molecule has 0 saturated carbocycles. The molecule has 0 fully saturated rings. The van der Waals surface area contributed by atoms with Gasteiger partial charge in [-0.05, 0) is 37.3 Å². The number of benzene rings is 2. The van der Waals surface area contributed by atoms with Crippen molar-refractivity contribution in [1.82, 2.24) is 4.72 Å². The van der Waals surface area contributed by atoms with Gasteiger partial charge in [-0.1, -0.05) is 23.8 Å². The molecule has 6 nitrogen and oxygen atoms in total. The number of nitrogens with two attached hydrogens (primary N) is 1. The van der Waals surface area contributed by atoms with Gasteiger partial charge in [0.2, 0.25) is 0 Å². The number of carbonyl (C=O) groups is 1. The molecule has 2 aromatic carbocycles.